The van der Waals surface area contributed by atoms with E-state index in [0.29, 0.717) is 24.2 Å². The molecule has 4 rings (SSSR count). The molecule has 0 spiro atoms. The van der Waals surface area contributed by atoms with Crippen LogP contribution in [0.4, 0.5) is 11.4 Å². The quantitative estimate of drug-likeness (QED) is 0.345. The molecule has 0 aliphatic carbocycles. The van der Waals surface area contributed by atoms with Crippen molar-refractivity contribution in [2.75, 3.05) is 17.7 Å². The number of aromatic nitrogens is 1. The molecule has 0 radical (unpaired) electrons. The maximum Gasteiger partial charge on any atom is 0.224 e. The normalized spacial score (nSPS) is 10.8. The summed E-state index contributed by atoms with van der Waals surface area (Å²) in [6.45, 7) is 3.39. The number of nitrogens with one attached hydrogen (secondary N) is 3. The number of carbonyl (C=O) groups excluding carboxylic acids is 2. The molecular formula is C27H27N3O3. The van der Waals surface area contributed by atoms with Crippen LogP contribution in [0.1, 0.15) is 24.5 Å². The molecule has 4 aromatic rings. The fraction of sp³-hybridized carbons (Fsp3) is 0.185. The van der Waals surface area contributed by atoms with E-state index < -0.39 is 0 Å². The number of hydrogen-bond donors (Lipinski definition) is 3. The predicted octanol–water partition coefficient (Wildman–Crippen LogP) is 5.68. The Balaban J connectivity index is 1.58. The van der Waals surface area contributed by atoms with E-state index in [0.717, 1.165) is 39.0 Å². The minimum Gasteiger partial charge on any atom is -0.497 e. The van der Waals surface area contributed by atoms with Crippen molar-refractivity contribution in [3.8, 4) is 17.0 Å². The second-order valence-electron chi connectivity index (χ2n) is 8.03. The number of ether oxygens (including phenoxy) is 1. The first-order valence-corrected chi connectivity index (χ1v) is 10.9. The third-order valence-corrected chi connectivity index (χ3v) is 5.55. The van der Waals surface area contributed by atoms with Crippen LogP contribution in [-0.2, 0) is 16.0 Å². The van der Waals surface area contributed by atoms with Gasteiger partial charge >= 0.3 is 0 Å². The predicted molar refractivity (Wildman–Crippen MR) is 133 cm³/mol. The zero-order valence-electron chi connectivity index (χ0n) is 19.0. The number of rotatable bonds is 7. The second-order valence-corrected chi connectivity index (χ2v) is 8.03. The van der Waals surface area contributed by atoms with E-state index in [4.69, 9.17) is 4.74 Å². The summed E-state index contributed by atoms with van der Waals surface area (Å²) in [5.41, 5.74) is 6.35. The average molecular weight is 442 g/mol. The summed E-state index contributed by atoms with van der Waals surface area (Å²) in [5, 5.41) is 6.83. The number of amides is 2. The first-order valence-electron chi connectivity index (χ1n) is 10.9. The van der Waals surface area contributed by atoms with Crippen molar-refractivity contribution in [2.45, 2.75) is 26.7 Å². The van der Waals surface area contributed by atoms with E-state index in [9.17, 15) is 9.59 Å². The number of fused-ring (bicyclic) bond motifs is 1. The van der Waals surface area contributed by atoms with Gasteiger partial charge in [-0.15, -0.1) is 0 Å². The number of aromatic amines is 1. The molecule has 33 heavy (non-hydrogen) atoms. The molecule has 0 unspecified atom stereocenters. The van der Waals surface area contributed by atoms with Gasteiger partial charge in [0.2, 0.25) is 11.8 Å². The van der Waals surface area contributed by atoms with Gasteiger partial charge in [-0.1, -0.05) is 24.3 Å². The summed E-state index contributed by atoms with van der Waals surface area (Å²) < 4.78 is 5.28. The van der Waals surface area contributed by atoms with Gasteiger partial charge in [0.05, 0.1) is 18.5 Å². The first kappa shape index (κ1) is 22.1. The van der Waals surface area contributed by atoms with Crippen molar-refractivity contribution in [3.63, 3.8) is 0 Å². The third kappa shape index (κ3) is 5.06. The standard InChI is InChI=1S/C27H27N3O3/c1-17-8-14-24(28-18(2)31)25(16-17)29-26(32)15-13-22-21-6-4-5-7-23(21)30-27(22)19-9-11-20(33-3)12-10-19/h4-12,14,16,30H,13,15H2,1-3H3,(H,28,31)(H,29,32). The minimum atomic E-state index is -0.183. The number of carbonyl (C=O) groups is 2. The van der Waals surface area contributed by atoms with Gasteiger partial charge in [0, 0.05) is 29.9 Å². The maximum atomic E-state index is 12.9. The van der Waals surface area contributed by atoms with Gasteiger partial charge in [-0.3, -0.25) is 9.59 Å². The Hall–Kier alpha value is -4.06. The van der Waals surface area contributed by atoms with Gasteiger partial charge in [0.1, 0.15) is 5.75 Å². The van der Waals surface area contributed by atoms with Crippen LogP contribution in [0.5, 0.6) is 5.75 Å². The van der Waals surface area contributed by atoms with Crippen molar-refractivity contribution >= 4 is 34.1 Å². The highest BCUT2D eigenvalue weighted by atomic mass is 16.5. The smallest absolute Gasteiger partial charge is 0.224 e. The van der Waals surface area contributed by atoms with E-state index in [1.54, 1.807) is 13.2 Å². The Labute approximate surface area is 193 Å². The van der Waals surface area contributed by atoms with Gasteiger partial charge in [-0.25, -0.2) is 0 Å². The number of methoxy groups -OCH3 is 1. The van der Waals surface area contributed by atoms with Crippen molar-refractivity contribution in [1.82, 2.24) is 4.98 Å². The monoisotopic (exact) mass is 441 g/mol. The zero-order chi connectivity index (χ0) is 23.4. The van der Waals surface area contributed by atoms with Crippen molar-refractivity contribution in [3.05, 3.63) is 77.9 Å². The SMILES string of the molecule is COc1ccc(-c2[nH]c3ccccc3c2CCC(=O)Nc2cc(C)ccc2NC(C)=O)cc1. The van der Waals surface area contributed by atoms with Crippen molar-refractivity contribution in [2.24, 2.45) is 0 Å². The van der Waals surface area contributed by atoms with Gasteiger partial charge < -0.3 is 20.4 Å². The van der Waals surface area contributed by atoms with Gasteiger partial charge in [0.25, 0.3) is 0 Å². The highest BCUT2D eigenvalue weighted by molar-refractivity contribution is 5.99. The number of H-pyrrole nitrogens is 1. The van der Waals surface area contributed by atoms with E-state index >= 15 is 0 Å². The second kappa shape index (κ2) is 9.61. The molecule has 6 nitrogen and oxygen atoms in total. The number of benzene rings is 3. The van der Waals surface area contributed by atoms with Crippen LogP contribution in [0.3, 0.4) is 0 Å². The highest BCUT2D eigenvalue weighted by Gasteiger charge is 2.15. The Morgan fingerprint density at radius 1 is 0.939 bits per heavy atom. The van der Waals surface area contributed by atoms with Crippen LogP contribution >= 0.6 is 0 Å². The lowest BCUT2D eigenvalue weighted by atomic mass is 10.0. The Bertz CT molecular complexity index is 1310. The van der Waals surface area contributed by atoms with Gasteiger partial charge in [-0.2, -0.15) is 0 Å². The largest absolute Gasteiger partial charge is 0.497 e. The lowest BCUT2D eigenvalue weighted by Crippen LogP contribution is -2.15. The molecule has 0 aliphatic heterocycles. The Kier molecular flexibility index (Phi) is 6.45. The molecule has 3 N–H and O–H groups in total. The first-order chi connectivity index (χ1) is 15.9. The molecule has 0 saturated heterocycles. The molecule has 6 heteroatoms. The third-order valence-electron chi connectivity index (χ3n) is 5.55. The van der Waals surface area contributed by atoms with Crippen molar-refractivity contribution < 1.29 is 14.3 Å². The molecule has 168 valence electrons. The summed E-state index contributed by atoms with van der Waals surface area (Å²) in [4.78, 5) is 27.9. The van der Waals surface area contributed by atoms with Crippen LogP contribution < -0.4 is 15.4 Å². The molecular weight excluding hydrogens is 414 g/mol. The average Bonchev–Trinajstić information content (AvgIpc) is 3.18. The van der Waals surface area contributed by atoms with Gasteiger partial charge in [0.15, 0.2) is 0 Å². The molecule has 0 saturated carbocycles. The number of para-hydroxylation sites is 1. The number of aryl methyl sites for hydroxylation is 2. The molecule has 2 amide bonds. The molecule has 0 fully saturated rings. The number of anilines is 2. The van der Waals surface area contributed by atoms with E-state index in [1.165, 1.54) is 6.92 Å². The molecule has 0 aliphatic rings. The van der Waals surface area contributed by atoms with E-state index in [2.05, 4.69) is 21.7 Å². The summed E-state index contributed by atoms with van der Waals surface area (Å²) in [6.07, 6.45) is 0.872. The lowest BCUT2D eigenvalue weighted by molar-refractivity contribution is -0.116. The molecule has 1 aromatic heterocycles. The summed E-state index contributed by atoms with van der Waals surface area (Å²) in [7, 11) is 1.65. The fourth-order valence-corrected chi connectivity index (χ4v) is 3.98. The molecule has 0 atom stereocenters. The molecule has 0 bridgehead atoms. The van der Waals surface area contributed by atoms with Crippen LogP contribution in [0.2, 0.25) is 0 Å². The lowest BCUT2D eigenvalue weighted by Gasteiger charge is -2.13. The van der Waals surface area contributed by atoms with Crippen LogP contribution in [0.15, 0.2) is 66.7 Å². The zero-order valence-corrected chi connectivity index (χ0v) is 19.0. The highest BCUT2D eigenvalue weighted by Crippen LogP contribution is 2.32. The van der Waals surface area contributed by atoms with Gasteiger partial charge in [-0.05, 0) is 72.5 Å². The van der Waals surface area contributed by atoms with E-state index in [-0.39, 0.29) is 11.8 Å². The number of hydrogen-bond acceptors (Lipinski definition) is 3. The van der Waals surface area contributed by atoms with Crippen LogP contribution in [0, 0.1) is 6.92 Å². The molecule has 1 heterocycles. The van der Waals surface area contributed by atoms with Crippen molar-refractivity contribution in [1.29, 1.82) is 0 Å². The van der Waals surface area contributed by atoms with Crippen LogP contribution in [-0.4, -0.2) is 23.9 Å². The summed E-state index contributed by atoms with van der Waals surface area (Å²) >= 11 is 0. The summed E-state index contributed by atoms with van der Waals surface area (Å²) in [6, 6.07) is 21.5. The summed E-state index contributed by atoms with van der Waals surface area (Å²) in [5.74, 6) is 0.499. The van der Waals surface area contributed by atoms with E-state index in [1.807, 2.05) is 61.5 Å². The topological polar surface area (TPSA) is 83.2 Å². The maximum absolute atomic E-state index is 12.9. The Morgan fingerprint density at radius 2 is 1.70 bits per heavy atom. The van der Waals surface area contributed by atoms with Crippen LogP contribution in [0.25, 0.3) is 22.2 Å². The minimum absolute atomic E-state index is 0.113. The fourth-order valence-electron chi connectivity index (χ4n) is 3.98. The molecule has 3 aromatic carbocycles. The Morgan fingerprint density at radius 3 is 2.42 bits per heavy atom.